The standard InChI is InChI=1S/C7H12N2/c1-5(2)7-4-8-6(3)9-7/h4-5H,1-3H3,(H,8,9). The van der Waals surface area contributed by atoms with Crippen molar-refractivity contribution in [3.8, 4) is 0 Å². The lowest BCUT2D eigenvalue weighted by Crippen LogP contribution is -1.85. The van der Waals surface area contributed by atoms with Crippen LogP contribution in [-0.4, -0.2) is 9.97 Å². The van der Waals surface area contributed by atoms with Gasteiger partial charge in [0.25, 0.3) is 0 Å². The summed E-state index contributed by atoms with van der Waals surface area (Å²) in [5.74, 6) is 1.54. The fourth-order valence-electron chi connectivity index (χ4n) is 0.732. The van der Waals surface area contributed by atoms with Crippen LogP contribution < -0.4 is 0 Å². The van der Waals surface area contributed by atoms with E-state index in [9.17, 15) is 0 Å². The molecule has 0 unspecified atom stereocenters. The number of hydrogen-bond donors (Lipinski definition) is 1. The predicted octanol–water partition coefficient (Wildman–Crippen LogP) is 1.84. The second-order valence-corrected chi connectivity index (χ2v) is 2.57. The maximum Gasteiger partial charge on any atom is 0.103 e. The maximum atomic E-state index is 4.25. The van der Waals surface area contributed by atoms with Crippen LogP contribution in [0.1, 0.15) is 31.3 Å². The first-order valence-electron chi connectivity index (χ1n) is 3.22. The van der Waals surface area contributed by atoms with Crippen LogP contribution in [0.5, 0.6) is 0 Å². The van der Waals surface area contributed by atoms with E-state index in [0.717, 1.165) is 11.5 Å². The minimum atomic E-state index is 0.537. The van der Waals surface area contributed by atoms with Gasteiger partial charge in [-0.15, -0.1) is 0 Å². The van der Waals surface area contributed by atoms with E-state index in [1.807, 2.05) is 13.1 Å². The highest BCUT2D eigenvalue weighted by Crippen LogP contribution is 2.09. The molecule has 0 aliphatic heterocycles. The van der Waals surface area contributed by atoms with Gasteiger partial charge in [0.05, 0.1) is 5.69 Å². The van der Waals surface area contributed by atoms with E-state index in [-0.39, 0.29) is 0 Å². The van der Waals surface area contributed by atoms with Crippen molar-refractivity contribution in [2.24, 2.45) is 0 Å². The molecule has 1 aromatic heterocycles. The average molecular weight is 124 g/mol. The number of aromatic amines is 1. The first kappa shape index (κ1) is 6.33. The first-order valence-corrected chi connectivity index (χ1v) is 3.22. The summed E-state index contributed by atoms with van der Waals surface area (Å²) in [6.45, 7) is 6.23. The van der Waals surface area contributed by atoms with Gasteiger partial charge in [-0.2, -0.15) is 0 Å². The van der Waals surface area contributed by atoms with Crippen molar-refractivity contribution in [1.82, 2.24) is 9.97 Å². The van der Waals surface area contributed by atoms with Gasteiger partial charge in [0.1, 0.15) is 5.82 Å². The van der Waals surface area contributed by atoms with Crippen LogP contribution in [0.3, 0.4) is 0 Å². The van der Waals surface area contributed by atoms with Crippen molar-refractivity contribution in [2.75, 3.05) is 0 Å². The summed E-state index contributed by atoms with van der Waals surface area (Å²) in [7, 11) is 0. The second kappa shape index (κ2) is 2.21. The molecule has 1 rings (SSSR count). The van der Waals surface area contributed by atoms with Crippen LogP contribution >= 0.6 is 0 Å². The smallest absolute Gasteiger partial charge is 0.103 e. The van der Waals surface area contributed by atoms with Gasteiger partial charge in [-0.1, -0.05) is 13.8 Å². The van der Waals surface area contributed by atoms with Crippen LogP contribution in [-0.2, 0) is 0 Å². The molecule has 1 N–H and O–H groups in total. The average Bonchev–Trinajstić information content (AvgIpc) is 2.14. The SMILES string of the molecule is Cc1nc(C(C)C)c[nH]1. The molecule has 1 aromatic rings. The predicted molar refractivity (Wildman–Crippen MR) is 37.4 cm³/mol. The van der Waals surface area contributed by atoms with E-state index in [1.54, 1.807) is 0 Å². The zero-order chi connectivity index (χ0) is 6.85. The van der Waals surface area contributed by atoms with Gasteiger partial charge >= 0.3 is 0 Å². The molecule has 0 aliphatic carbocycles. The number of nitrogens with one attached hydrogen (secondary N) is 1. The normalized spacial score (nSPS) is 10.7. The Morgan fingerprint density at radius 3 is 2.44 bits per heavy atom. The zero-order valence-corrected chi connectivity index (χ0v) is 6.10. The van der Waals surface area contributed by atoms with Gasteiger partial charge in [0, 0.05) is 6.20 Å². The van der Waals surface area contributed by atoms with Crippen molar-refractivity contribution in [3.63, 3.8) is 0 Å². The third kappa shape index (κ3) is 1.31. The quantitative estimate of drug-likeness (QED) is 0.608. The number of imidazole rings is 1. The number of rotatable bonds is 1. The molecule has 0 saturated carbocycles. The van der Waals surface area contributed by atoms with Crippen molar-refractivity contribution < 1.29 is 0 Å². The minimum absolute atomic E-state index is 0.537. The number of hydrogen-bond acceptors (Lipinski definition) is 1. The Morgan fingerprint density at radius 2 is 2.22 bits per heavy atom. The summed E-state index contributed by atoms with van der Waals surface area (Å²) in [6, 6.07) is 0. The molecule has 0 radical (unpaired) electrons. The molecule has 2 nitrogen and oxygen atoms in total. The molecule has 0 spiro atoms. The maximum absolute atomic E-state index is 4.25. The van der Waals surface area contributed by atoms with E-state index < -0.39 is 0 Å². The fraction of sp³-hybridized carbons (Fsp3) is 0.571. The van der Waals surface area contributed by atoms with Gasteiger partial charge in [-0.3, -0.25) is 0 Å². The molecule has 0 saturated heterocycles. The van der Waals surface area contributed by atoms with Crippen LogP contribution in [0, 0.1) is 6.92 Å². The van der Waals surface area contributed by atoms with Crippen LogP contribution in [0.25, 0.3) is 0 Å². The highest BCUT2D eigenvalue weighted by atomic mass is 14.9. The molecular formula is C7H12N2. The minimum Gasteiger partial charge on any atom is -0.349 e. The van der Waals surface area contributed by atoms with Crippen LogP contribution in [0.15, 0.2) is 6.20 Å². The van der Waals surface area contributed by atoms with Gasteiger partial charge in [-0.25, -0.2) is 4.98 Å². The summed E-state index contributed by atoms with van der Waals surface area (Å²) in [6.07, 6.45) is 1.96. The zero-order valence-electron chi connectivity index (χ0n) is 6.10. The van der Waals surface area contributed by atoms with E-state index in [0.29, 0.717) is 5.92 Å². The second-order valence-electron chi connectivity index (χ2n) is 2.57. The molecule has 2 heteroatoms. The van der Waals surface area contributed by atoms with Gasteiger partial charge < -0.3 is 4.98 Å². The molecular weight excluding hydrogens is 112 g/mol. The van der Waals surface area contributed by atoms with Crippen LogP contribution in [0.4, 0.5) is 0 Å². The monoisotopic (exact) mass is 124 g/mol. The summed E-state index contributed by atoms with van der Waals surface area (Å²) >= 11 is 0. The van der Waals surface area contributed by atoms with Crippen molar-refractivity contribution in [2.45, 2.75) is 26.7 Å². The number of H-pyrrole nitrogens is 1. The Labute approximate surface area is 55.3 Å². The highest BCUT2D eigenvalue weighted by Gasteiger charge is 2.00. The third-order valence-corrected chi connectivity index (χ3v) is 1.32. The van der Waals surface area contributed by atoms with Gasteiger partial charge in [0.15, 0.2) is 0 Å². The molecule has 1 heterocycles. The molecule has 0 aliphatic rings. The Kier molecular flexibility index (Phi) is 1.56. The topological polar surface area (TPSA) is 28.7 Å². The van der Waals surface area contributed by atoms with Gasteiger partial charge in [0.2, 0.25) is 0 Å². The van der Waals surface area contributed by atoms with Crippen molar-refractivity contribution in [3.05, 3.63) is 17.7 Å². The summed E-state index contributed by atoms with van der Waals surface area (Å²) in [5.41, 5.74) is 1.15. The Balaban J connectivity index is 2.85. The number of nitrogens with zero attached hydrogens (tertiary/aromatic N) is 1. The largest absolute Gasteiger partial charge is 0.349 e. The highest BCUT2D eigenvalue weighted by molar-refractivity contribution is 5.03. The van der Waals surface area contributed by atoms with Gasteiger partial charge in [-0.05, 0) is 12.8 Å². The lowest BCUT2D eigenvalue weighted by Gasteiger charge is -1.94. The number of aromatic nitrogens is 2. The first-order chi connectivity index (χ1) is 4.20. The molecule has 0 fully saturated rings. The third-order valence-electron chi connectivity index (χ3n) is 1.32. The van der Waals surface area contributed by atoms with Crippen molar-refractivity contribution >= 4 is 0 Å². The lowest BCUT2D eigenvalue weighted by molar-refractivity contribution is 0.828. The summed E-state index contributed by atoms with van der Waals surface area (Å²) < 4.78 is 0. The Bertz CT molecular complexity index is 189. The molecule has 0 aromatic carbocycles. The number of aryl methyl sites for hydroxylation is 1. The Hall–Kier alpha value is -0.790. The van der Waals surface area contributed by atoms with Crippen molar-refractivity contribution in [1.29, 1.82) is 0 Å². The van der Waals surface area contributed by atoms with E-state index >= 15 is 0 Å². The fourth-order valence-corrected chi connectivity index (χ4v) is 0.732. The van der Waals surface area contributed by atoms with E-state index in [1.165, 1.54) is 0 Å². The summed E-state index contributed by atoms with van der Waals surface area (Å²) in [4.78, 5) is 7.29. The molecule has 50 valence electrons. The Morgan fingerprint density at radius 1 is 1.56 bits per heavy atom. The van der Waals surface area contributed by atoms with E-state index in [2.05, 4.69) is 23.8 Å². The molecule has 9 heavy (non-hydrogen) atoms. The van der Waals surface area contributed by atoms with Crippen LogP contribution in [0.2, 0.25) is 0 Å². The molecule has 0 atom stereocenters. The van der Waals surface area contributed by atoms with E-state index in [4.69, 9.17) is 0 Å². The lowest BCUT2D eigenvalue weighted by atomic mass is 10.2. The molecule has 0 amide bonds. The summed E-state index contributed by atoms with van der Waals surface area (Å²) in [5, 5.41) is 0. The molecule has 0 bridgehead atoms.